The number of hydrogen-bond donors (Lipinski definition) is 2. The first-order chi connectivity index (χ1) is 6.69. The summed E-state index contributed by atoms with van der Waals surface area (Å²) in [7, 11) is 1.87. The second-order valence-electron chi connectivity index (χ2n) is 3.14. The molecule has 0 spiro atoms. The van der Waals surface area contributed by atoms with E-state index in [1.165, 1.54) is 11.8 Å². The van der Waals surface area contributed by atoms with Gasteiger partial charge < -0.3 is 15.4 Å². The van der Waals surface area contributed by atoms with Gasteiger partial charge in [-0.3, -0.25) is 0 Å². The molecule has 2 atom stereocenters. The minimum Gasteiger partial charge on any atom is -0.395 e. The molecule has 0 bridgehead atoms. The van der Waals surface area contributed by atoms with Gasteiger partial charge in [0.2, 0.25) is 0 Å². The maximum Gasteiger partial charge on any atom is 0.191 e. The van der Waals surface area contributed by atoms with Gasteiger partial charge in [-0.05, 0) is 6.42 Å². The Hall–Kier alpha value is -0.590. The van der Waals surface area contributed by atoms with E-state index in [2.05, 4.69) is 10.2 Å². The van der Waals surface area contributed by atoms with Gasteiger partial charge in [0, 0.05) is 13.1 Å². The molecule has 0 radical (unpaired) electrons. The predicted octanol–water partition coefficient (Wildman–Crippen LogP) is 0.00540. The average Bonchev–Trinajstić information content (AvgIpc) is 2.59. The fourth-order valence-corrected chi connectivity index (χ4v) is 2.06. The van der Waals surface area contributed by atoms with Crippen LogP contribution in [0.2, 0.25) is 0 Å². The Morgan fingerprint density at radius 3 is 2.86 bits per heavy atom. The fourth-order valence-electron chi connectivity index (χ4n) is 1.04. The van der Waals surface area contributed by atoms with Crippen LogP contribution in [0.1, 0.15) is 13.3 Å². The molecule has 80 valence electrons. The third-order valence-electron chi connectivity index (χ3n) is 2.06. The van der Waals surface area contributed by atoms with E-state index in [0.29, 0.717) is 0 Å². The third kappa shape index (κ3) is 2.70. The zero-order valence-corrected chi connectivity index (χ0v) is 9.24. The van der Waals surface area contributed by atoms with Crippen molar-refractivity contribution in [2.24, 2.45) is 12.8 Å². The van der Waals surface area contributed by atoms with Crippen molar-refractivity contribution in [2.75, 3.05) is 6.61 Å². The summed E-state index contributed by atoms with van der Waals surface area (Å²) in [6, 6.07) is -0.0123. The number of rotatable bonds is 5. The lowest BCUT2D eigenvalue weighted by atomic mass is 10.2. The number of aromatic nitrogens is 3. The van der Waals surface area contributed by atoms with Crippen LogP contribution >= 0.6 is 11.8 Å². The van der Waals surface area contributed by atoms with Gasteiger partial charge in [0.05, 0.1) is 11.9 Å². The van der Waals surface area contributed by atoms with Gasteiger partial charge in [-0.15, -0.1) is 10.2 Å². The van der Waals surface area contributed by atoms with Crippen molar-refractivity contribution in [1.82, 2.24) is 14.8 Å². The van der Waals surface area contributed by atoms with Gasteiger partial charge in [0.1, 0.15) is 6.33 Å². The molecule has 2 unspecified atom stereocenters. The van der Waals surface area contributed by atoms with Crippen LogP contribution in [-0.4, -0.2) is 37.8 Å². The Labute approximate surface area is 87.7 Å². The Morgan fingerprint density at radius 2 is 2.43 bits per heavy atom. The summed E-state index contributed by atoms with van der Waals surface area (Å²) in [5, 5.41) is 17.6. The Morgan fingerprint density at radius 1 is 1.71 bits per heavy atom. The van der Waals surface area contributed by atoms with E-state index >= 15 is 0 Å². The number of thioether (sulfide) groups is 1. The minimum absolute atomic E-state index is 0.0112. The summed E-state index contributed by atoms with van der Waals surface area (Å²) in [5.41, 5.74) is 5.86. The summed E-state index contributed by atoms with van der Waals surface area (Å²) in [6.45, 7) is 2.07. The van der Waals surface area contributed by atoms with Gasteiger partial charge in [-0.1, -0.05) is 18.7 Å². The third-order valence-corrected chi connectivity index (χ3v) is 3.44. The lowest BCUT2D eigenvalue weighted by Crippen LogP contribution is -2.34. The van der Waals surface area contributed by atoms with Crippen molar-refractivity contribution in [3.05, 3.63) is 6.33 Å². The summed E-state index contributed by atoms with van der Waals surface area (Å²) in [4.78, 5) is 0. The van der Waals surface area contributed by atoms with E-state index in [4.69, 9.17) is 10.8 Å². The number of nitrogens with zero attached hydrogens (tertiary/aromatic N) is 3. The molecule has 0 aliphatic rings. The molecule has 0 fully saturated rings. The lowest BCUT2D eigenvalue weighted by molar-refractivity contribution is 0.281. The minimum atomic E-state index is -0.0123. The normalized spacial score (nSPS) is 15.4. The molecule has 1 aromatic heterocycles. The lowest BCUT2D eigenvalue weighted by Gasteiger charge is -2.18. The van der Waals surface area contributed by atoms with Gasteiger partial charge in [0.15, 0.2) is 5.16 Å². The van der Waals surface area contributed by atoms with Gasteiger partial charge in [-0.2, -0.15) is 0 Å². The largest absolute Gasteiger partial charge is 0.395 e. The Kier molecular flexibility index (Phi) is 4.37. The van der Waals surface area contributed by atoms with Crippen molar-refractivity contribution < 1.29 is 5.11 Å². The molecule has 5 nitrogen and oxygen atoms in total. The molecule has 1 heterocycles. The molecule has 1 aromatic rings. The van der Waals surface area contributed by atoms with Crippen LogP contribution in [-0.2, 0) is 7.05 Å². The second kappa shape index (κ2) is 5.33. The van der Waals surface area contributed by atoms with Gasteiger partial charge in [-0.25, -0.2) is 0 Å². The fraction of sp³-hybridized carbons (Fsp3) is 0.750. The molecular formula is C8H16N4OS. The number of aliphatic hydroxyl groups excluding tert-OH is 1. The molecule has 0 aromatic carbocycles. The highest BCUT2D eigenvalue weighted by molar-refractivity contribution is 7.99. The van der Waals surface area contributed by atoms with E-state index in [9.17, 15) is 0 Å². The Balaban J connectivity index is 2.61. The maximum absolute atomic E-state index is 9.16. The molecule has 0 amide bonds. The Bertz CT molecular complexity index is 278. The van der Waals surface area contributed by atoms with Crippen LogP contribution < -0.4 is 5.73 Å². The van der Waals surface area contributed by atoms with E-state index in [1.807, 2.05) is 18.5 Å². The van der Waals surface area contributed by atoms with Crippen molar-refractivity contribution in [2.45, 2.75) is 29.8 Å². The van der Waals surface area contributed by atoms with Crippen molar-refractivity contribution >= 4 is 11.8 Å². The van der Waals surface area contributed by atoms with Crippen LogP contribution in [0.3, 0.4) is 0 Å². The first-order valence-electron chi connectivity index (χ1n) is 4.56. The predicted molar refractivity (Wildman–Crippen MR) is 56.0 cm³/mol. The topological polar surface area (TPSA) is 77.0 Å². The number of nitrogens with two attached hydrogens (primary N) is 1. The van der Waals surface area contributed by atoms with Crippen LogP contribution in [0.4, 0.5) is 0 Å². The molecule has 0 saturated heterocycles. The van der Waals surface area contributed by atoms with Crippen molar-refractivity contribution in [3.8, 4) is 0 Å². The van der Waals surface area contributed by atoms with E-state index in [0.717, 1.165) is 11.6 Å². The maximum atomic E-state index is 9.16. The number of aliphatic hydroxyl groups is 1. The van der Waals surface area contributed by atoms with E-state index in [-0.39, 0.29) is 17.9 Å². The molecule has 0 saturated carbocycles. The smallest absolute Gasteiger partial charge is 0.191 e. The highest BCUT2D eigenvalue weighted by Gasteiger charge is 2.18. The number of aryl methyl sites for hydroxylation is 1. The molecule has 1 rings (SSSR count). The molecule has 3 N–H and O–H groups in total. The highest BCUT2D eigenvalue weighted by Crippen LogP contribution is 2.22. The van der Waals surface area contributed by atoms with Crippen LogP contribution in [0.15, 0.2) is 11.5 Å². The van der Waals surface area contributed by atoms with Crippen LogP contribution in [0.5, 0.6) is 0 Å². The second-order valence-corrected chi connectivity index (χ2v) is 4.34. The first-order valence-corrected chi connectivity index (χ1v) is 5.44. The molecule has 6 heteroatoms. The van der Waals surface area contributed by atoms with Crippen molar-refractivity contribution in [1.29, 1.82) is 0 Å². The van der Waals surface area contributed by atoms with Crippen LogP contribution in [0, 0.1) is 0 Å². The zero-order valence-electron chi connectivity index (χ0n) is 8.42. The quantitative estimate of drug-likeness (QED) is 0.678. The summed E-state index contributed by atoms with van der Waals surface area (Å²) >= 11 is 1.47. The highest BCUT2D eigenvalue weighted by atomic mass is 32.2. The molecule has 14 heavy (non-hydrogen) atoms. The van der Waals surface area contributed by atoms with Crippen molar-refractivity contribution in [3.63, 3.8) is 0 Å². The summed E-state index contributed by atoms with van der Waals surface area (Å²) in [6.07, 6.45) is 2.48. The summed E-state index contributed by atoms with van der Waals surface area (Å²) < 4.78 is 1.82. The van der Waals surface area contributed by atoms with Gasteiger partial charge >= 0.3 is 0 Å². The zero-order chi connectivity index (χ0) is 10.6. The SMILES string of the molecule is CCC(N)C(CO)Sc1nncn1C. The summed E-state index contributed by atoms with van der Waals surface area (Å²) in [5.74, 6) is 0. The monoisotopic (exact) mass is 216 g/mol. The first kappa shape index (κ1) is 11.5. The standard InChI is InChI=1S/C8H16N4OS/c1-3-6(9)7(4-13)14-8-11-10-5-12(8)2/h5-7,13H,3-4,9H2,1-2H3. The average molecular weight is 216 g/mol. The molecule has 0 aliphatic heterocycles. The van der Waals surface area contributed by atoms with E-state index < -0.39 is 0 Å². The van der Waals surface area contributed by atoms with Gasteiger partial charge in [0.25, 0.3) is 0 Å². The van der Waals surface area contributed by atoms with Crippen LogP contribution in [0.25, 0.3) is 0 Å². The number of hydrogen-bond acceptors (Lipinski definition) is 5. The molecular weight excluding hydrogens is 200 g/mol. The van der Waals surface area contributed by atoms with E-state index in [1.54, 1.807) is 6.33 Å². The molecule has 0 aliphatic carbocycles.